The second kappa shape index (κ2) is 10.8. The van der Waals surface area contributed by atoms with Crippen LogP contribution in [0.2, 0.25) is 0 Å². The van der Waals surface area contributed by atoms with E-state index < -0.39 is 11.2 Å². The predicted octanol–water partition coefficient (Wildman–Crippen LogP) is 3.72. The third-order valence-electron chi connectivity index (χ3n) is 6.81. The maximum atomic E-state index is 13.3. The summed E-state index contributed by atoms with van der Waals surface area (Å²) in [5.41, 5.74) is 1.09. The molecule has 0 bridgehead atoms. The van der Waals surface area contributed by atoms with Gasteiger partial charge in [0.05, 0.1) is 18.1 Å². The highest BCUT2D eigenvalue weighted by atomic mass is 16.6. The maximum absolute atomic E-state index is 13.3. The van der Waals surface area contributed by atoms with Crippen molar-refractivity contribution in [2.24, 2.45) is 0 Å². The fourth-order valence-electron chi connectivity index (χ4n) is 5.44. The van der Waals surface area contributed by atoms with Crippen molar-refractivity contribution in [3.8, 4) is 0 Å². The fraction of sp³-hybridized carbons (Fsp3) is 0.567. The van der Waals surface area contributed by atoms with Crippen LogP contribution >= 0.6 is 0 Å². The number of amides is 2. The van der Waals surface area contributed by atoms with E-state index in [1.54, 1.807) is 12.2 Å². The Morgan fingerprint density at radius 3 is 2.39 bits per heavy atom. The van der Waals surface area contributed by atoms with Crippen molar-refractivity contribution >= 4 is 17.8 Å². The monoisotopic (exact) mass is 523 g/mol. The number of likely N-dealkylation sites (tertiary alicyclic amines) is 1. The van der Waals surface area contributed by atoms with E-state index >= 15 is 0 Å². The number of benzene rings is 1. The zero-order valence-corrected chi connectivity index (χ0v) is 23.5. The average Bonchev–Trinajstić information content (AvgIpc) is 3.48. The lowest BCUT2D eigenvalue weighted by molar-refractivity contribution is -0.155. The Balaban J connectivity index is 1.47. The van der Waals surface area contributed by atoms with Crippen molar-refractivity contribution in [2.45, 2.75) is 96.6 Å². The lowest BCUT2D eigenvalue weighted by Crippen LogP contribution is -2.46. The van der Waals surface area contributed by atoms with Gasteiger partial charge in [0, 0.05) is 37.4 Å². The lowest BCUT2D eigenvalue weighted by atomic mass is 10.0. The Kier molecular flexibility index (Phi) is 7.90. The van der Waals surface area contributed by atoms with E-state index in [0.29, 0.717) is 25.1 Å². The van der Waals surface area contributed by atoms with Crippen molar-refractivity contribution in [1.82, 2.24) is 15.1 Å². The molecule has 206 valence electrons. The highest BCUT2D eigenvalue weighted by molar-refractivity contribution is 5.92. The first-order valence-corrected chi connectivity index (χ1v) is 13.5. The van der Waals surface area contributed by atoms with Gasteiger partial charge in [0.25, 0.3) is 5.91 Å². The minimum atomic E-state index is -0.564. The summed E-state index contributed by atoms with van der Waals surface area (Å²) in [4.78, 5) is 42.2. The van der Waals surface area contributed by atoms with E-state index in [9.17, 15) is 14.4 Å². The summed E-state index contributed by atoms with van der Waals surface area (Å²) in [6.45, 7) is 12.8. The third kappa shape index (κ3) is 6.97. The van der Waals surface area contributed by atoms with E-state index in [2.05, 4.69) is 22.3 Å². The quantitative estimate of drug-likeness (QED) is 0.523. The van der Waals surface area contributed by atoms with E-state index in [1.807, 2.05) is 64.6 Å². The van der Waals surface area contributed by atoms with Crippen LogP contribution in [0.3, 0.4) is 0 Å². The molecule has 0 radical (unpaired) electrons. The van der Waals surface area contributed by atoms with Crippen LogP contribution < -0.4 is 5.32 Å². The highest BCUT2D eigenvalue weighted by Gasteiger charge is 2.43. The van der Waals surface area contributed by atoms with Gasteiger partial charge in [-0.1, -0.05) is 30.3 Å². The summed E-state index contributed by atoms with van der Waals surface area (Å²) >= 11 is 0. The summed E-state index contributed by atoms with van der Waals surface area (Å²) < 4.78 is 11.7. The Hall–Kier alpha value is -3.29. The van der Waals surface area contributed by atoms with Gasteiger partial charge in [-0.05, 0) is 66.4 Å². The van der Waals surface area contributed by atoms with Crippen LogP contribution in [-0.2, 0) is 30.3 Å². The largest absolute Gasteiger partial charge is 0.490 e. The van der Waals surface area contributed by atoms with Gasteiger partial charge in [0.1, 0.15) is 17.0 Å². The molecule has 8 nitrogen and oxygen atoms in total. The van der Waals surface area contributed by atoms with Gasteiger partial charge in [0.2, 0.25) is 5.91 Å². The van der Waals surface area contributed by atoms with Gasteiger partial charge >= 0.3 is 5.97 Å². The standard InChI is InChI=1S/C30H41N3O5/c1-29(2,3)37-25-18-27(35)33(23(25)12-13-28(36)38-30(4,5)6)21-14-15-32(19-21)24-17-26(34)31-22(24)16-20-10-8-7-9-11-20/h7-11,17-18,21-23H,12-16,19H2,1-6H3,(H,31,34)/t21-,22-,23-/m0/s1. The van der Waals surface area contributed by atoms with Crippen LogP contribution in [0.25, 0.3) is 0 Å². The predicted molar refractivity (Wildman–Crippen MR) is 145 cm³/mol. The van der Waals surface area contributed by atoms with Crippen molar-refractivity contribution in [1.29, 1.82) is 0 Å². The molecule has 3 atom stereocenters. The minimum Gasteiger partial charge on any atom is -0.490 e. The van der Waals surface area contributed by atoms with Crippen molar-refractivity contribution < 1.29 is 23.9 Å². The number of hydrogen-bond acceptors (Lipinski definition) is 6. The molecule has 1 fully saturated rings. The van der Waals surface area contributed by atoms with Gasteiger partial charge in [0.15, 0.2) is 0 Å². The second-order valence-electron chi connectivity index (χ2n) is 12.4. The summed E-state index contributed by atoms with van der Waals surface area (Å²) in [5, 5.41) is 3.08. The van der Waals surface area contributed by atoms with Crippen LogP contribution in [0.15, 0.2) is 53.9 Å². The Labute approximate surface area is 226 Å². The van der Waals surface area contributed by atoms with E-state index in [-0.39, 0.29) is 42.3 Å². The Bertz CT molecular complexity index is 1110. The molecule has 1 aromatic rings. The molecular formula is C30H41N3O5. The van der Waals surface area contributed by atoms with Crippen LogP contribution in [0, 0.1) is 0 Å². The first-order chi connectivity index (χ1) is 17.8. The number of nitrogens with one attached hydrogen (secondary N) is 1. The van der Waals surface area contributed by atoms with Crippen LogP contribution in [0.5, 0.6) is 0 Å². The number of nitrogens with zero attached hydrogens (tertiary/aromatic N) is 2. The van der Waals surface area contributed by atoms with Gasteiger partial charge < -0.3 is 24.6 Å². The Morgan fingerprint density at radius 1 is 1.03 bits per heavy atom. The molecule has 38 heavy (non-hydrogen) atoms. The zero-order chi connectivity index (χ0) is 27.7. The number of ether oxygens (including phenoxy) is 2. The molecule has 1 N–H and O–H groups in total. The molecular weight excluding hydrogens is 482 g/mol. The van der Waals surface area contributed by atoms with Crippen molar-refractivity contribution in [3.05, 3.63) is 59.5 Å². The topological polar surface area (TPSA) is 88.2 Å². The van der Waals surface area contributed by atoms with Gasteiger partial charge in [-0.25, -0.2) is 0 Å². The van der Waals surface area contributed by atoms with E-state index in [1.165, 1.54) is 0 Å². The zero-order valence-electron chi connectivity index (χ0n) is 23.5. The summed E-state index contributed by atoms with van der Waals surface area (Å²) in [6, 6.07) is 9.62. The summed E-state index contributed by atoms with van der Waals surface area (Å²) in [7, 11) is 0. The lowest BCUT2D eigenvalue weighted by Gasteiger charge is -2.34. The molecule has 1 saturated heterocycles. The highest BCUT2D eigenvalue weighted by Crippen LogP contribution is 2.34. The Morgan fingerprint density at radius 2 is 1.74 bits per heavy atom. The molecule has 3 aliphatic rings. The molecule has 3 heterocycles. The molecule has 3 aliphatic heterocycles. The minimum absolute atomic E-state index is 0.0579. The van der Waals surface area contributed by atoms with Gasteiger partial charge in [-0.3, -0.25) is 14.4 Å². The van der Waals surface area contributed by atoms with Crippen molar-refractivity contribution in [2.75, 3.05) is 13.1 Å². The van der Waals surface area contributed by atoms with E-state index in [0.717, 1.165) is 24.2 Å². The molecule has 0 spiro atoms. The van der Waals surface area contributed by atoms with Crippen molar-refractivity contribution in [3.63, 3.8) is 0 Å². The molecule has 8 heteroatoms. The van der Waals surface area contributed by atoms with Crippen LogP contribution in [0.1, 0.15) is 66.4 Å². The normalized spacial score (nSPS) is 23.9. The average molecular weight is 524 g/mol. The summed E-state index contributed by atoms with van der Waals surface area (Å²) in [6.07, 6.45) is 5.37. The molecule has 0 aromatic heterocycles. The van der Waals surface area contributed by atoms with Gasteiger partial charge in [-0.2, -0.15) is 0 Å². The number of carbonyl (C=O) groups is 3. The molecule has 0 unspecified atom stereocenters. The third-order valence-corrected chi connectivity index (χ3v) is 6.81. The first kappa shape index (κ1) is 27.7. The SMILES string of the molecule is CC(C)(C)OC(=O)CC[C@H]1C(OC(C)(C)C)=CC(=O)N1[C@H]1CCN(C2=CC(=O)N[C@H]2Cc2ccccc2)C1. The molecule has 0 saturated carbocycles. The molecule has 1 aromatic carbocycles. The fourth-order valence-corrected chi connectivity index (χ4v) is 5.44. The van der Waals surface area contributed by atoms with E-state index in [4.69, 9.17) is 9.47 Å². The van der Waals surface area contributed by atoms with Gasteiger partial charge in [-0.15, -0.1) is 0 Å². The van der Waals surface area contributed by atoms with Crippen LogP contribution in [-0.4, -0.2) is 70.0 Å². The second-order valence-corrected chi connectivity index (χ2v) is 12.4. The smallest absolute Gasteiger partial charge is 0.306 e. The van der Waals surface area contributed by atoms with Crippen LogP contribution in [0.4, 0.5) is 0 Å². The molecule has 0 aliphatic carbocycles. The first-order valence-electron chi connectivity index (χ1n) is 13.5. The number of carbonyl (C=O) groups excluding carboxylic acids is 3. The number of esters is 1. The number of hydrogen-bond donors (Lipinski definition) is 1. The maximum Gasteiger partial charge on any atom is 0.306 e. The molecule has 2 amide bonds. The molecule has 4 rings (SSSR count). The summed E-state index contributed by atoms with van der Waals surface area (Å²) in [5.74, 6) is 0.132. The number of rotatable bonds is 8.